The number of anilines is 3. The molecular weight excluding hydrogens is 468 g/mol. The van der Waals surface area contributed by atoms with Gasteiger partial charge in [-0.05, 0) is 36.6 Å². The number of hydrogen-bond donors (Lipinski definition) is 3. The first-order valence-electron chi connectivity index (χ1n) is 10.1. The van der Waals surface area contributed by atoms with E-state index in [1.165, 1.54) is 7.11 Å². The van der Waals surface area contributed by atoms with Gasteiger partial charge in [-0.15, -0.1) is 0 Å². The van der Waals surface area contributed by atoms with Crippen molar-refractivity contribution in [2.45, 2.75) is 12.8 Å². The Labute approximate surface area is 193 Å². The van der Waals surface area contributed by atoms with Gasteiger partial charge in [-0.2, -0.15) is 0 Å². The molecule has 0 aliphatic rings. The maximum atomic E-state index is 12.6. The van der Waals surface area contributed by atoms with Crippen molar-refractivity contribution in [2.75, 3.05) is 41.5 Å². The van der Waals surface area contributed by atoms with Crippen LogP contribution in [0.5, 0.6) is 5.75 Å². The molecule has 0 amide bonds. The summed E-state index contributed by atoms with van der Waals surface area (Å²) < 4.78 is 55.7. The van der Waals surface area contributed by atoms with Gasteiger partial charge < -0.3 is 15.2 Å². The lowest BCUT2D eigenvalue weighted by atomic mass is 10.1. The predicted octanol–water partition coefficient (Wildman–Crippen LogP) is 2.09. The summed E-state index contributed by atoms with van der Waals surface area (Å²) >= 11 is 0. The zero-order chi connectivity index (χ0) is 24.1. The van der Waals surface area contributed by atoms with Gasteiger partial charge in [0.2, 0.25) is 10.0 Å². The zero-order valence-electron chi connectivity index (χ0n) is 18.3. The lowest BCUT2D eigenvalue weighted by molar-refractivity contribution is 0.299. The minimum absolute atomic E-state index is 0.0224. The van der Waals surface area contributed by atoms with Crippen molar-refractivity contribution in [3.8, 4) is 5.75 Å². The minimum atomic E-state index is -3.90. The quantitative estimate of drug-likeness (QED) is 0.364. The van der Waals surface area contributed by atoms with E-state index in [0.29, 0.717) is 28.9 Å². The molecule has 0 radical (unpaired) electrons. The normalized spacial score (nSPS) is 12.0. The fourth-order valence-corrected chi connectivity index (χ4v) is 5.05. The largest absolute Gasteiger partial charge is 0.497 e. The molecule has 3 N–H and O–H groups in total. The van der Waals surface area contributed by atoms with Gasteiger partial charge in [-0.1, -0.05) is 18.2 Å². The summed E-state index contributed by atoms with van der Waals surface area (Å²) in [5.41, 5.74) is 2.38. The second-order valence-corrected chi connectivity index (χ2v) is 11.5. The number of rotatable bonds is 11. The van der Waals surface area contributed by atoms with E-state index in [1.54, 1.807) is 42.5 Å². The molecule has 0 fully saturated rings. The van der Waals surface area contributed by atoms with Crippen molar-refractivity contribution >= 4 is 48.2 Å². The van der Waals surface area contributed by atoms with Gasteiger partial charge >= 0.3 is 0 Å². The number of methoxy groups -OCH3 is 1. The number of sulfone groups is 1. The van der Waals surface area contributed by atoms with Gasteiger partial charge in [0.05, 0.1) is 29.6 Å². The van der Waals surface area contributed by atoms with Crippen LogP contribution in [0.4, 0.5) is 17.3 Å². The van der Waals surface area contributed by atoms with Crippen molar-refractivity contribution in [2.24, 2.45) is 0 Å². The number of aromatic nitrogens is 2. The smallest absolute Gasteiger partial charge is 0.234 e. The Morgan fingerprint density at radius 2 is 1.64 bits per heavy atom. The number of sulfonamides is 1. The van der Waals surface area contributed by atoms with Gasteiger partial charge in [0.25, 0.3) is 0 Å². The SMILES string of the molecule is COc1ccc(CCO)c(Nc2nc3ccccc3nc2NS(=O)(=O)CCCS(C)(=O)=O)c1. The molecule has 1 heterocycles. The molecule has 0 saturated carbocycles. The van der Waals surface area contributed by atoms with Crippen LogP contribution in [-0.4, -0.2) is 63.4 Å². The first-order chi connectivity index (χ1) is 15.6. The predicted molar refractivity (Wildman–Crippen MR) is 128 cm³/mol. The van der Waals surface area contributed by atoms with Crippen molar-refractivity contribution < 1.29 is 26.7 Å². The van der Waals surface area contributed by atoms with Crippen LogP contribution in [0.3, 0.4) is 0 Å². The van der Waals surface area contributed by atoms with Crippen LogP contribution >= 0.6 is 0 Å². The third kappa shape index (κ3) is 7.01. The molecule has 12 heteroatoms. The van der Waals surface area contributed by atoms with Crippen LogP contribution in [0.15, 0.2) is 42.5 Å². The van der Waals surface area contributed by atoms with Crippen molar-refractivity contribution in [1.82, 2.24) is 9.97 Å². The van der Waals surface area contributed by atoms with E-state index in [1.807, 2.05) is 0 Å². The third-order valence-corrected chi connectivity index (χ3v) is 7.06. The second kappa shape index (κ2) is 10.3. The van der Waals surface area contributed by atoms with Gasteiger partial charge in [-0.3, -0.25) is 4.72 Å². The standard InChI is InChI=1S/C21H26N4O6S2/c1-31-16-9-8-15(10-11-26)19(14-16)24-20-21(23-18-7-4-3-6-17(18)22-20)25-33(29,30)13-5-12-32(2,27)28/h3-4,6-9,14,26H,5,10-13H2,1-2H3,(H,22,24)(H,23,25). The van der Waals surface area contributed by atoms with Crippen molar-refractivity contribution in [1.29, 1.82) is 0 Å². The number of aliphatic hydroxyl groups excluding tert-OH is 1. The lowest BCUT2D eigenvalue weighted by Crippen LogP contribution is -2.20. The van der Waals surface area contributed by atoms with Crippen molar-refractivity contribution in [3.05, 3.63) is 48.0 Å². The fourth-order valence-electron chi connectivity index (χ4n) is 3.13. The van der Waals surface area contributed by atoms with Crippen LogP contribution in [-0.2, 0) is 26.3 Å². The van der Waals surface area contributed by atoms with Gasteiger partial charge in [0.15, 0.2) is 11.6 Å². The lowest BCUT2D eigenvalue weighted by Gasteiger charge is -2.16. The van der Waals surface area contributed by atoms with Crippen LogP contribution in [0.1, 0.15) is 12.0 Å². The number of nitrogens with one attached hydrogen (secondary N) is 2. The first-order valence-corrected chi connectivity index (χ1v) is 13.8. The third-order valence-electron chi connectivity index (χ3n) is 4.70. The molecule has 2 aromatic carbocycles. The van der Waals surface area contributed by atoms with Crippen LogP contribution in [0.25, 0.3) is 11.0 Å². The molecule has 0 aliphatic carbocycles. The molecule has 0 spiro atoms. The highest BCUT2D eigenvalue weighted by Gasteiger charge is 2.18. The molecule has 1 aromatic heterocycles. The number of aliphatic hydroxyl groups is 1. The summed E-state index contributed by atoms with van der Waals surface area (Å²) in [5, 5.41) is 12.5. The second-order valence-electron chi connectivity index (χ2n) is 7.44. The molecule has 0 saturated heterocycles. The Bertz CT molecular complexity index is 1340. The molecule has 0 atom stereocenters. The first kappa shape index (κ1) is 24.7. The Morgan fingerprint density at radius 1 is 0.970 bits per heavy atom. The topological polar surface area (TPSA) is 148 Å². The maximum Gasteiger partial charge on any atom is 0.234 e. The minimum Gasteiger partial charge on any atom is -0.497 e. The summed E-state index contributed by atoms with van der Waals surface area (Å²) in [7, 11) is -5.65. The van der Waals surface area contributed by atoms with E-state index in [2.05, 4.69) is 20.0 Å². The van der Waals surface area contributed by atoms with Gasteiger partial charge in [-0.25, -0.2) is 26.8 Å². The highest BCUT2D eigenvalue weighted by atomic mass is 32.2. The molecule has 3 aromatic rings. The summed E-state index contributed by atoms with van der Waals surface area (Å²) in [6.45, 7) is -0.0791. The van der Waals surface area contributed by atoms with E-state index >= 15 is 0 Å². The monoisotopic (exact) mass is 494 g/mol. The molecule has 3 rings (SSSR count). The average molecular weight is 495 g/mol. The van der Waals surface area contributed by atoms with Crippen LogP contribution in [0.2, 0.25) is 0 Å². The van der Waals surface area contributed by atoms with E-state index in [9.17, 15) is 21.9 Å². The molecular formula is C21H26N4O6S2. The Kier molecular flexibility index (Phi) is 7.72. The number of benzene rings is 2. The highest BCUT2D eigenvalue weighted by molar-refractivity contribution is 7.93. The summed E-state index contributed by atoms with van der Waals surface area (Å²) in [5.74, 6) is 0.0779. The highest BCUT2D eigenvalue weighted by Crippen LogP contribution is 2.30. The summed E-state index contributed by atoms with van der Waals surface area (Å²) in [6, 6.07) is 12.3. The zero-order valence-corrected chi connectivity index (χ0v) is 19.9. The Balaban J connectivity index is 1.99. The average Bonchev–Trinajstić information content (AvgIpc) is 2.74. The number of fused-ring (bicyclic) bond motifs is 1. The molecule has 0 aliphatic heterocycles. The summed E-state index contributed by atoms with van der Waals surface area (Å²) in [4.78, 5) is 8.95. The molecule has 178 valence electrons. The number of para-hydroxylation sites is 2. The molecule has 0 unspecified atom stereocenters. The van der Waals surface area contributed by atoms with Crippen LogP contribution < -0.4 is 14.8 Å². The summed E-state index contributed by atoms with van der Waals surface area (Å²) in [6.07, 6.45) is 1.37. The number of ether oxygens (including phenoxy) is 1. The number of nitrogens with zero attached hydrogens (tertiary/aromatic N) is 2. The van der Waals surface area contributed by atoms with Crippen molar-refractivity contribution in [3.63, 3.8) is 0 Å². The maximum absolute atomic E-state index is 12.6. The Hall–Kier alpha value is -2.96. The number of hydrogen-bond acceptors (Lipinski definition) is 9. The van der Waals surface area contributed by atoms with Gasteiger partial charge in [0.1, 0.15) is 15.6 Å². The van der Waals surface area contributed by atoms with E-state index in [0.717, 1.165) is 11.8 Å². The van der Waals surface area contributed by atoms with E-state index < -0.39 is 19.9 Å². The van der Waals surface area contributed by atoms with E-state index in [-0.39, 0.29) is 36.2 Å². The van der Waals surface area contributed by atoms with E-state index in [4.69, 9.17) is 4.74 Å². The Morgan fingerprint density at radius 3 is 2.24 bits per heavy atom. The van der Waals surface area contributed by atoms with Gasteiger partial charge in [0, 0.05) is 24.6 Å². The molecule has 0 bridgehead atoms. The molecule has 10 nitrogen and oxygen atoms in total. The van der Waals surface area contributed by atoms with Crippen LogP contribution in [0, 0.1) is 0 Å². The molecule has 33 heavy (non-hydrogen) atoms. The fraction of sp³-hybridized carbons (Fsp3) is 0.333.